The zero-order valence-corrected chi connectivity index (χ0v) is 19.1. The maximum absolute atomic E-state index is 13.0. The van der Waals surface area contributed by atoms with E-state index in [1.807, 2.05) is 26.8 Å². The van der Waals surface area contributed by atoms with Gasteiger partial charge in [-0.25, -0.2) is 4.98 Å². The number of pyridine rings is 1. The number of ether oxygens (including phenoxy) is 2. The Morgan fingerprint density at radius 1 is 1.03 bits per heavy atom. The first kappa shape index (κ1) is 21.8. The molecule has 2 aromatic heterocycles. The molecule has 0 saturated heterocycles. The second-order valence-corrected chi connectivity index (χ2v) is 7.73. The quantitative estimate of drug-likeness (QED) is 0.490. The topological polar surface area (TPSA) is 102 Å². The fraction of sp³-hybridized carbons (Fsp3) is 0.200. The smallest absolute Gasteiger partial charge is 0.256 e. The molecule has 8 heteroatoms. The van der Waals surface area contributed by atoms with E-state index in [-0.39, 0.29) is 11.4 Å². The number of hydrogen-bond acceptors (Lipinski definition) is 6. The summed E-state index contributed by atoms with van der Waals surface area (Å²) in [5, 5.41) is 17.8. The summed E-state index contributed by atoms with van der Waals surface area (Å²) in [5.74, 6) is 1.28. The minimum atomic E-state index is -0.418. The zero-order chi connectivity index (χ0) is 23.7. The normalized spacial score (nSPS) is 10.7. The van der Waals surface area contributed by atoms with E-state index in [1.165, 1.54) is 25.1 Å². The molecule has 33 heavy (non-hydrogen) atoms. The number of fused-ring (bicyclic) bond motifs is 1. The molecule has 2 aromatic carbocycles. The predicted molar refractivity (Wildman–Crippen MR) is 125 cm³/mol. The van der Waals surface area contributed by atoms with E-state index in [0.29, 0.717) is 22.9 Å². The van der Waals surface area contributed by atoms with Gasteiger partial charge in [0.15, 0.2) is 23.1 Å². The molecular formula is C25H23N5O3. The summed E-state index contributed by atoms with van der Waals surface area (Å²) >= 11 is 0. The van der Waals surface area contributed by atoms with Crippen molar-refractivity contribution in [2.75, 3.05) is 19.5 Å². The van der Waals surface area contributed by atoms with Crippen LogP contribution in [0.4, 0.5) is 5.82 Å². The second-order valence-electron chi connectivity index (χ2n) is 7.73. The molecule has 0 bridgehead atoms. The largest absolute Gasteiger partial charge is 0.493 e. The highest BCUT2D eigenvalue weighted by atomic mass is 16.5. The maximum atomic E-state index is 13.0. The van der Waals surface area contributed by atoms with Crippen molar-refractivity contribution in [3.05, 3.63) is 70.4 Å². The Balaban J connectivity index is 1.78. The lowest BCUT2D eigenvalue weighted by Crippen LogP contribution is -2.16. The number of anilines is 1. The number of nitrogens with zero attached hydrogens (tertiary/aromatic N) is 4. The van der Waals surface area contributed by atoms with Crippen LogP contribution in [0.25, 0.3) is 16.7 Å². The van der Waals surface area contributed by atoms with Crippen molar-refractivity contribution < 1.29 is 14.3 Å². The van der Waals surface area contributed by atoms with Crippen molar-refractivity contribution in [1.82, 2.24) is 14.8 Å². The van der Waals surface area contributed by atoms with Crippen molar-refractivity contribution >= 4 is 22.6 Å². The van der Waals surface area contributed by atoms with E-state index < -0.39 is 5.91 Å². The van der Waals surface area contributed by atoms with Crippen molar-refractivity contribution in [2.24, 2.45) is 0 Å². The Bertz CT molecular complexity index is 1430. The van der Waals surface area contributed by atoms with Crippen LogP contribution >= 0.6 is 0 Å². The van der Waals surface area contributed by atoms with Crippen LogP contribution in [0.2, 0.25) is 0 Å². The van der Waals surface area contributed by atoms with Crippen LogP contribution in [0.1, 0.15) is 32.6 Å². The number of nitrogens with one attached hydrogen (secondary N) is 1. The number of methoxy groups -OCH3 is 2. The second kappa shape index (κ2) is 8.63. The van der Waals surface area contributed by atoms with E-state index >= 15 is 0 Å². The molecule has 4 aromatic rings. The Morgan fingerprint density at radius 3 is 2.48 bits per heavy atom. The van der Waals surface area contributed by atoms with Crippen LogP contribution in [0.5, 0.6) is 11.5 Å². The van der Waals surface area contributed by atoms with Gasteiger partial charge < -0.3 is 14.8 Å². The van der Waals surface area contributed by atoms with Crippen molar-refractivity contribution in [1.29, 1.82) is 5.26 Å². The van der Waals surface area contributed by atoms with E-state index in [2.05, 4.69) is 28.6 Å². The SMILES string of the molecule is COc1ccc(C(=O)Nc2c(C#N)cnn2-c2cc(C)c3cc(C)cc(C)c3n2)cc1OC. The molecule has 0 radical (unpaired) electrons. The minimum absolute atomic E-state index is 0.226. The molecule has 0 fully saturated rings. The lowest BCUT2D eigenvalue weighted by molar-refractivity contribution is 0.102. The molecule has 1 amide bonds. The molecule has 4 rings (SSSR count). The first-order valence-electron chi connectivity index (χ1n) is 10.3. The summed E-state index contributed by atoms with van der Waals surface area (Å²) in [7, 11) is 3.02. The monoisotopic (exact) mass is 441 g/mol. The average Bonchev–Trinajstić information content (AvgIpc) is 3.21. The third-order valence-corrected chi connectivity index (χ3v) is 5.43. The van der Waals surface area contributed by atoms with Gasteiger partial charge in [-0.2, -0.15) is 15.0 Å². The van der Waals surface area contributed by atoms with Gasteiger partial charge in [0.1, 0.15) is 11.6 Å². The Hall–Kier alpha value is -4.38. The molecule has 0 aliphatic heterocycles. The van der Waals surface area contributed by atoms with Crippen molar-refractivity contribution in [3.8, 4) is 23.4 Å². The number of nitriles is 1. The summed E-state index contributed by atoms with van der Waals surface area (Å²) in [6, 6.07) is 13.0. The summed E-state index contributed by atoms with van der Waals surface area (Å²) in [5.41, 5.74) is 4.64. The van der Waals surface area contributed by atoms with Gasteiger partial charge in [0, 0.05) is 10.9 Å². The third-order valence-electron chi connectivity index (χ3n) is 5.43. The fourth-order valence-corrected chi connectivity index (χ4v) is 3.82. The maximum Gasteiger partial charge on any atom is 0.256 e. The Labute approximate surface area is 191 Å². The predicted octanol–water partition coefficient (Wildman–Crippen LogP) is 4.49. The zero-order valence-electron chi connectivity index (χ0n) is 19.1. The molecule has 0 spiro atoms. The first-order valence-corrected chi connectivity index (χ1v) is 10.3. The van der Waals surface area contributed by atoms with Crippen LogP contribution in [-0.2, 0) is 0 Å². The van der Waals surface area contributed by atoms with Crippen LogP contribution in [-0.4, -0.2) is 34.9 Å². The van der Waals surface area contributed by atoms with Crippen molar-refractivity contribution in [3.63, 3.8) is 0 Å². The standard InChI is InChI=1S/C25H23N5O3/c1-14-8-16(3)23-19(9-14)15(2)10-22(28-23)30-24(18(12-26)13-27-30)29-25(31)17-6-7-20(32-4)21(11-17)33-5/h6-11,13H,1-5H3,(H,29,31). The fourth-order valence-electron chi connectivity index (χ4n) is 3.82. The summed E-state index contributed by atoms with van der Waals surface area (Å²) in [4.78, 5) is 17.8. The van der Waals surface area contributed by atoms with E-state index in [4.69, 9.17) is 14.5 Å². The van der Waals surface area contributed by atoms with Gasteiger partial charge in [0.25, 0.3) is 5.91 Å². The van der Waals surface area contributed by atoms with Gasteiger partial charge in [0.05, 0.1) is 25.9 Å². The minimum Gasteiger partial charge on any atom is -0.493 e. The number of hydrogen-bond donors (Lipinski definition) is 1. The lowest BCUT2D eigenvalue weighted by atomic mass is 10.0. The van der Waals surface area contributed by atoms with Crippen LogP contribution in [0.3, 0.4) is 0 Å². The highest BCUT2D eigenvalue weighted by Crippen LogP contribution is 2.29. The molecule has 0 atom stereocenters. The van der Waals surface area contributed by atoms with Gasteiger partial charge in [0.2, 0.25) is 0 Å². The van der Waals surface area contributed by atoms with E-state index in [1.54, 1.807) is 18.2 Å². The lowest BCUT2D eigenvalue weighted by Gasteiger charge is -2.13. The van der Waals surface area contributed by atoms with E-state index in [0.717, 1.165) is 27.6 Å². The Kier molecular flexibility index (Phi) is 5.71. The van der Waals surface area contributed by atoms with Crippen LogP contribution in [0.15, 0.2) is 42.6 Å². The van der Waals surface area contributed by atoms with Gasteiger partial charge in [-0.1, -0.05) is 11.6 Å². The highest BCUT2D eigenvalue weighted by Gasteiger charge is 2.19. The molecule has 1 N–H and O–H groups in total. The molecule has 2 heterocycles. The summed E-state index contributed by atoms with van der Waals surface area (Å²) in [6.07, 6.45) is 1.41. The molecule has 166 valence electrons. The molecule has 0 aliphatic carbocycles. The highest BCUT2D eigenvalue weighted by molar-refractivity contribution is 6.05. The van der Waals surface area contributed by atoms with Gasteiger partial charge >= 0.3 is 0 Å². The van der Waals surface area contributed by atoms with E-state index in [9.17, 15) is 10.1 Å². The van der Waals surface area contributed by atoms with Gasteiger partial charge in [-0.3, -0.25) is 4.79 Å². The number of carbonyl (C=O) groups excluding carboxylic acids is 1. The third kappa shape index (κ3) is 3.96. The summed E-state index contributed by atoms with van der Waals surface area (Å²) in [6.45, 7) is 6.06. The van der Waals surface area contributed by atoms with Gasteiger partial charge in [-0.15, -0.1) is 0 Å². The number of carbonyl (C=O) groups is 1. The molecule has 0 unspecified atom stereocenters. The molecule has 0 saturated carbocycles. The summed E-state index contributed by atoms with van der Waals surface area (Å²) < 4.78 is 12.0. The van der Waals surface area contributed by atoms with Crippen molar-refractivity contribution in [2.45, 2.75) is 20.8 Å². The van der Waals surface area contributed by atoms with Crippen LogP contribution < -0.4 is 14.8 Å². The first-order chi connectivity index (χ1) is 15.9. The molecule has 0 aliphatic rings. The number of rotatable bonds is 5. The number of aryl methyl sites for hydroxylation is 3. The molecular weight excluding hydrogens is 418 g/mol. The number of aromatic nitrogens is 3. The Morgan fingerprint density at radius 2 is 1.79 bits per heavy atom. The number of amides is 1. The van der Waals surface area contributed by atoms with Gasteiger partial charge in [-0.05, 0) is 62.2 Å². The number of benzene rings is 2. The average molecular weight is 441 g/mol. The molecule has 8 nitrogen and oxygen atoms in total. The van der Waals surface area contributed by atoms with Crippen LogP contribution in [0, 0.1) is 32.1 Å².